The molecule has 2 rings (SSSR count). The van der Waals surface area contributed by atoms with E-state index < -0.39 is 6.04 Å². The zero-order valence-electron chi connectivity index (χ0n) is 12.0. The Labute approximate surface area is 114 Å². The zero-order chi connectivity index (χ0) is 14.0. The van der Waals surface area contributed by atoms with Crippen LogP contribution in [0.5, 0.6) is 0 Å². The van der Waals surface area contributed by atoms with Crippen LogP contribution in [0.4, 0.5) is 0 Å². The molecule has 1 unspecified atom stereocenters. The molecular weight excluding hydrogens is 242 g/mol. The van der Waals surface area contributed by atoms with Crippen LogP contribution in [0, 0.1) is 5.92 Å². The Morgan fingerprint density at radius 3 is 2.89 bits per heavy atom. The fourth-order valence-corrected chi connectivity index (χ4v) is 2.51. The first-order chi connectivity index (χ1) is 8.99. The van der Waals surface area contributed by atoms with Crippen molar-refractivity contribution in [1.82, 2.24) is 19.7 Å². The Kier molecular flexibility index (Phi) is 4.19. The van der Waals surface area contributed by atoms with Crippen molar-refractivity contribution in [2.24, 2.45) is 11.7 Å². The van der Waals surface area contributed by atoms with Gasteiger partial charge in [-0.15, -0.1) is 10.2 Å². The van der Waals surface area contributed by atoms with Crippen molar-refractivity contribution in [2.75, 3.05) is 7.05 Å². The average Bonchev–Trinajstić information content (AvgIpc) is 2.92. The minimum atomic E-state index is -0.425. The number of hydrogen-bond donors (Lipinski definition) is 1. The van der Waals surface area contributed by atoms with E-state index in [0.717, 1.165) is 31.0 Å². The fraction of sp³-hybridized carbons (Fsp3) is 0.769. The summed E-state index contributed by atoms with van der Waals surface area (Å²) < 4.78 is 2.11. The fourth-order valence-electron chi connectivity index (χ4n) is 2.51. The number of likely N-dealkylation sites (N-methyl/N-ethyl adjacent to an activating group) is 1. The van der Waals surface area contributed by atoms with Crippen LogP contribution in [0.2, 0.25) is 0 Å². The molecule has 2 heterocycles. The number of hydrogen-bond acceptors (Lipinski definition) is 4. The molecule has 0 radical (unpaired) electrons. The van der Waals surface area contributed by atoms with Gasteiger partial charge in [-0.3, -0.25) is 4.79 Å². The molecule has 1 aliphatic rings. The van der Waals surface area contributed by atoms with Gasteiger partial charge in [-0.25, -0.2) is 0 Å². The van der Waals surface area contributed by atoms with Gasteiger partial charge in [0.15, 0.2) is 5.82 Å². The van der Waals surface area contributed by atoms with Crippen LogP contribution in [-0.2, 0) is 24.3 Å². The van der Waals surface area contributed by atoms with E-state index in [1.54, 1.807) is 11.9 Å². The Morgan fingerprint density at radius 1 is 1.47 bits per heavy atom. The molecule has 0 bridgehead atoms. The van der Waals surface area contributed by atoms with E-state index in [0.29, 0.717) is 18.9 Å². The van der Waals surface area contributed by atoms with Gasteiger partial charge >= 0.3 is 0 Å². The lowest BCUT2D eigenvalue weighted by atomic mass is 10.0. The second kappa shape index (κ2) is 5.69. The third kappa shape index (κ3) is 3.12. The maximum Gasteiger partial charge on any atom is 0.239 e. The minimum absolute atomic E-state index is 0.0240. The van der Waals surface area contributed by atoms with Gasteiger partial charge in [0.25, 0.3) is 0 Å². The summed E-state index contributed by atoms with van der Waals surface area (Å²) in [5.41, 5.74) is 5.93. The number of carbonyl (C=O) groups excluding carboxylic acids is 1. The van der Waals surface area contributed by atoms with Gasteiger partial charge in [-0.05, 0) is 18.8 Å². The summed E-state index contributed by atoms with van der Waals surface area (Å²) in [5, 5.41) is 8.30. The van der Waals surface area contributed by atoms with E-state index in [2.05, 4.69) is 28.6 Å². The molecule has 0 spiro atoms. The van der Waals surface area contributed by atoms with Crippen LogP contribution in [0.1, 0.15) is 38.3 Å². The molecule has 0 saturated carbocycles. The topological polar surface area (TPSA) is 77.0 Å². The third-order valence-corrected chi connectivity index (χ3v) is 3.48. The van der Waals surface area contributed by atoms with Crippen LogP contribution in [0.15, 0.2) is 0 Å². The van der Waals surface area contributed by atoms with E-state index >= 15 is 0 Å². The van der Waals surface area contributed by atoms with Gasteiger partial charge in [0.05, 0.1) is 12.6 Å². The van der Waals surface area contributed by atoms with Crippen LogP contribution in [0.25, 0.3) is 0 Å². The molecule has 0 aromatic carbocycles. The highest BCUT2D eigenvalue weighted by Gasteiger charge is 2.23. The van der Waals surface area contributed by atoms with Gasteiger partial charge in [0.1, 0.15) is 5.82 Å². The van der Waals surface area contributed by atoms with Crippen molar-refractivity contribution in [3.63, 3.8) is 0 Å². The Morgan fingerprint density at radius 2 is 2.21 bits per heavy atom. The number of nitrogens with two attached hydrogens (primary N) is 1. The molecule has 1 aliphatic heterocycles. The van der Waals surface area contributed by atoms with Crippen molar-refractivity contribution in [3.8, 4) is 0 Å². The second-order valence-electron chi connectivity index (χ2n) is 5.72. The average molecular weight is 265 g/mol. The van der Waals surface area contributed by atoms with Crippen LogP contribution >= 0.6 is 0 Å². The lowest BCUT2D eigenvalue weighted by molar-refractivity contribution is -0.132. The number of aromatic nitrogens is 3. The highest BCUT2D eigenvalue weighted by atomic mass is 16.2. The smallest absolute Gasteiger partial charge is 0.239 e. The van der Waals surface area contributed by atoms with Crippen molar-refractivity contribution >= 4 is 5.91 Å². The van der Waals surface area contributed by atoms with Crippen molar-refractivity contribution < 1.29 is 4.79 Å². The number of amides is 1. The molecule has 0 aliphatic carbocycles. The summed E-state index contributed by atoms with van der Waals surface area (Å²) in [5.74, 6) is 2.29. The van der Waals surface area contributed by atoms with Crippen molar-refractivity contribution in [2.45, 2.75) is 52.2 Å². The second-order valence-corrected chi connectivity index (χ2v) is 5.72. The predicted molar refractivity (Wildman–Crippen MR) is 72.2 cm³/mol. The lowest BCUT2D eigenvalue weighted by Gasteiger charge is -2.22. The first-order valence-electron chi connectivity index (χ1n) is 6.90. The molecule has 106 valence electrons. The molecule has 1 aromatic heterocycles. The van der Waals surface area contributed by atoms with Crippen LogP contribution in [0.3, 0.4) is 0 Å². The number of carbonyl (C=O) groups is 1. The maximum atomic E-state index is 12.1. The normalized spacial score (nSPS) is 15.6. The number of nitrogens with zero attached hydrogens (tertiary/aromatic N) is 4. The summed E-state index contributed by atoms with van der Waals surface area (Å²) in [4.78, 5) is 13.8. The quantitative estimate of drug-likeness (QED) is 0.843. The molecule has 1 atom stereocenters. The first-order valence-corrected chi connectivity index (χ1v) is 6.90. The standard InChI is InChI=1S/C13H23N5O/c1-9(2)7-10(14)13(19)17(3)8-12-16-15-11-5-4-6-18(11)12/h9-10H,4-8,14H2,1-3H3. The highest BCUT2D eigenvalue weighted by Crippen LogP contribution is 2.15. The van der Waals surface area contributed by atoms with E-state index in [1.165, 1.54) is 0 Å². The summed E-state index contributed by atoms with van der Waals surface area (Å²) >= 11 is 0. The van der Waals surface area contributed by atoms with Crippen LogP contribution < -0.4 is 5.73 Å². The van der Waals surface area contributed by atoms with E-state index in [1.807, 2.05) is 0 Å². The predicted octanol–water partition coefficient (Wildman–Crippen LogP) is 0.556. The summed E-state index contributed by atoms with van der Waals surface area (Å²) in [6.07, 6.45) is 2.81. The first kappa shape index (κ1) is 14.0. The molecule has 6 nitrogen and oxygen atoms in total. The monoisotopic (exact) mass is 265 g/mol. The van der Waals surface area contributed by atoms with Gasteiger partial charge in [0, 0.05) is 20.0 Å². The van der Waals surface area contributed by atoms with E-state index in [-0.39, 0.29) is 5.91 Å². The molecule has 19 heavy (non-hydrogen) atoms. The molecule has 2 N–H and O–H groups in total. The van der Waals surface area contributed by atoms with Crippen LogP contribution in [-0.4, -0.2) is 38.7 Å². The SMILES string of the molecule is CC(C)CC(N)C(=O)N(C)Cc1nnc2n1CCC2. The number of aryl methyl sites for hydroxylation is 1. The Hall–Kier alpha value is -1.43. The number of rotatable bonds is 5. The third-order valence-electron chi connectivity index (χ3n) is 3.48. The molecule has 6 heteroatoms. The van der Waals surface area contributed by atoms with Crippen molar-refractivity contribution in [3.05, 3.63) is 11.6 Å². The van der Waals surface area contributed by atoms with E-state index in [4.69, 9.17) is 5.73 Å². The Bertz CT molecular complexity index is 454. The lowest BCUT2D eigenvalue weighted by Crippen LogP contribution is -2.42. The molecule has 1 amide bonds. The maximum absolute atomic E-state index is 12.1. The number of fused-ring (bicyclic) bond motifs is 1. The molecule has 0 fully saturated rings. The summed E-state index contributed by atoms with van der Waals surface area (Å²) in [7, 11) is 1.78. The largest absolute Gasteiger partial charge is 0.337 e. The van der Waals surface area contributed by atoms with Gasteiger partial charge < -0.3 is 15.2 Å². The minimum Gasteiger partial charge on any atom is -0.337 e. The summed E-state index contributed by atoms with van der Waals surface area (Å²) in [6, 6.07) is -0.425. The van der Waals surface area contributed by atoms with E-state index in [9.17, 15) is 4.79 Å². The molecular formula is C13H23N5O. The molecule has 1 aromatic rings. The Balaban J connectivity index is 1.96. The molecule has 0 saturated heterocycles. The summed E-state index contributed by atoms with van der Waals surface area (Å²) in [6.45, 7) is 5.58. The zero-order valence-corrected chi connectivity index (χ0v) is 12.0. The van der Waals surface area contributed by atoms with Gasteiger partial charge in [-0.1, -0.05) is 13.8 Å². The highest BCUT2D eigenvalue weighted by molar-refractivity contribution is 5.81. The van der Waals surface area contributed by atoms with Gasteiger partial charge in [-0.2, -0.15) is 0 Å². The van der Waals surface area contributed by atoms with Gasteiger partial charge in [0.2, 0.25) is 5.91 Å². The van der Waals surface area contributed by atoms with Crippen molar-refractivity contribution in [1.29, 1.82) is 0 Å².